The molecule has 0 unspecified atom stereocenters. The van der Waals surface area contributed by atoms with Gasteiger partial charge in [-0.2, -0.15) is 0 Å². The number of amides is 1. The Hall–Kier alpha value is -1.44. The molecule has 6 nitrogen and oxygen atoms in total. The predicted octanol–water partition coefficient (Wildman–Crippen LogP) is 2.08. The molecule has 0 aliphatic heterocycles. The van der Waals surface area contributed by atoms with Crippen LogP contribution in [0.3, 0.4) is 0 Å². The van der Waals surface area contributed by atoms with E-state index in [1.165, 1.54) is 31.4 Å². The van der Waals surface area contributed by atoms with Gasteiger partial charge in [-0.05, 0) is 74.5 Å². The Morgan fingerprint density at radius 3 is 2.31 bits per heavy atom. The Morgan fingerprint density at radius 2 is 1.73 bits per heavy atom. The van der Waals surface area contributed by atoms with Crippen LogP contribution in [0.2, 0.25) is 0 Å². The second-order valence-corrected chi connectivity index (χ2v) is 10.1. The zero-order chi connectivity index (χ0) is 18.4. The van der Waals surface area contributed by atoms with Crippen molar-refractivity contribution in [3.63, 3.8) is 0 Å². The molecule has 4 fully saturated rings. The summed E-state index contributed by atoms with van der Waals surface area (Å²) in [4.78, 5) is 13.3. The zero-order valence-electron chi connectivity index (χ0n) is 14.9. The minimum atomic E-state index is -3.61. The maximum Gasteiger partial charge on any atom is 0.240 e. The Labute approximate surface area is 155 Å². The van der Waals surface area contributed by atoms with Crippen molar-refractivity contribution in [1.82, 2.24) is 4.72 Å². The van der Waals surface area contributed by atoms with Crippen molar-refractivity contribution in [3.8, 4) is 0 Å². The van der Waals surface area contributed by atoms with Gasteiger partial charge in [0.2, 0.25) is 15.9 Å². The van der Waals surface area contributed by atoms with E-state index in [9.17, 15) is 13.2 Å². The summed E-state index contributed by atoms with van der Waals surface area (Å²) in [6.45, 7) is 0.424. The van der Waals surface area contributed by atoms with Gasteiger partial charge in [-0.3, -0.25) is 4.79 Å². The summed E-state index contributed by atoms with van der Waals surface area (Å²) in [7, 11) is -3.61. The first-order valence-corrected chi connectivity index (χ1v) is 11.0. The third kappa shape index (κ3) is 3.28. The molecule has 1 amide bonds. The summed E-state index contributed by atoms with van der Waals surface area (Å²) in [5, 5.41) is 3.01. The number of rotatable bonds is 6. The predicted molar refractivity (Wildman–Crippen MR) is 99.9 cm³/mol. The number of anilines is 1. The average molecular weight is 378 g/mol. The molecule has 0 radical (unpaired) electrons. The number of hydrogen-bond acceptors (Lipinski definition) is 4. The van der Waals surface area contributed by atoms with Gasteiger partial charge in [-0.1, -0.05) is 6.07 Å². The fourth-order valence-corrected chi connectivity index (χ4v) is 6.76. The average Bonchev–Trinajstić information content (AvgIpc) is 2.59. The molecule has 0 atom stereocenters. The molecule has 26 heavy (non-hydrogen) atoms. The van der Waals surface area contributed by atoms with E-state index < -0.39 is 10.0 Å². The van der Waals surface area contributed by atoms with Gasteiger partial charge in [-0.25, -0.2) is 13.1 Å². The van der Waals surface area contributed by atoms with E-state index in [2.05, 4.69) is 10.0 Å². The number of nitrogens with two attached hydrogens (primary N) is 1. The van der Waals surface area contributed by atoms with Gasteiger partial charge >= 0.3 is 0 Å². The first kappa shape index (κ1) is 17.9. The maximum atomic E-state index is 13.1. The van der Waals surface area contributed by atoms with Crippen LogP contribution in [0.15, 0.2) is 29.2 Å². The number of carbonyl (C=O) groups excluding carboxylic acids is 1. The Balaban J connectivity index is 1.51. The highest BCUT2D eigenvalue weighted by Crippen LogP contribution is 2.60. The fraction of sp³-hybridized carbons (Fsp3) is 0.632. The van der Waals surface area contributed by atoms with Crippen molar-refractivity contribution < 1.29 is 13.2 Å². The second kappa shape index (κ2) is 6.62. The normalized spacial score (nSPS) is 32.6. The van der Waals surface area contributed by atoms with Crippen LogP contribution in [-0.4, -0.2) is 27.4 Å². The Morgan fingerprint density at radius 1 is 1.12 bits per heavy atom. The quantitative estimate of drug-likeness (QED) is 0.706. The van der Waals surface area contributed by atoms with Crippen molar-refractivity contribution in [2.45, 2.75) is 43.4 Å². The van der Waals surface area contributed by atoms with Gasteiger partial charge in [-0.15, -0.1) is 0 Å². The molecule has 1 aromatic rings. The third-order valence-corrected chi connectivity index (χ3v) is 7.82. The molecule has 142 valence electrons. The first-order valence-electron chi connectivity index (χ1n) is 9.51. The van der Waals surface area contributed by atoms with Crippen LogP contribution in [0, 0.1) is 23.2 Å². The lowest BCUT2D eigenvalue weighted by Crippen LogP contribution is -2.51. The van der Waals surface area contributed by atoms with Crippen LogP contribution >= 0.6 is 0 Å². The molecule has 1 aromatic carbocycles. The van der Waals surface area contributed by atoms with Crippen molar-refractivity contribution in [1.29, 1.82) is 0 Å². The summed E-state index contributed by atoms with van der Waals surface area (Å²) in [5.41, 5.74) is 5.66. The lowest BCUT2D eigenvalue weighted by atomic mass is 9.49. The van der Waals surface area contributed by atoms with E-state index in [0.29, 0.717) is 23.4 Å². The highest BCUT2D eigenvalue weighted by molar-refractivity contribution is 7.89. The van der Waals surface area contributed by atoms with Crippen LogP contribution in [0.1, 0.15) is 38.5 Å². The highest BCUT2D eigenvalue weighted by atomic mass is 32.2. The third-order valence-electron chi connectivity index (χ3n) is 6.36. The first-order chi connectivity index (χ1) is 12.4. The fourth-order valence-electron chi connectivity index (χ4n) is 5.67. The van der Waals surface area contributed by atoms with Crippen molar-refractivity contribution in [2.24, 2.45) is 28.9 Å². The van der Waals surface area contributed by atoms with Gasteiger partial charge in [0.05, 0.1) is 10.3 Å². The minimum absolute atomic E-state index is 0.0704. The molecule has 5 rings (SSSR count). The lowest BCUT2D eigenvalue weighted by molar-refractivity contribution is -0.140. The number of hydrogen-bond donors (Lipinski definition) is 3. The van der Waals surface area contributed by atoms with Crippen molar-refractivity contribution >= 4 is 21.6 Å². The maximum absolute atomic E-state index is 13.1. The Kier molecular flexibility index (Phi) is 4.57. The molecule has 0 aromatic heterocycles. The van der Waals surface area contributed by atoms with Crippen molar-refractivity contribution in [3.05, 3.63) is 24.3 Å². The van der Waals surface area contributed by atoms with Crippen LogP contribution in [0.4, 0.5) is 5.69 Å². The standard InChI is InChI=1S/C19H27N3O3S/c20-4-5-21-26(24,25)17-3-1-2-16(9-17)22-18(23)19-10-13-6-14(11-19)8-15(7-13)12-19/h1-3,9,13-15,21H,4-8,10-12,20H2,(H,22,23). The molecule has 0 spiro atoms. The lowest BCUT2D eigenvalue weighted by Gasteiger charge is -2.55. The molecule has 4 N–H and O–H groups in total. The molecular weight excluding hydrogens is 350 g/mol. The zero-order valence-corrected chi connectivity index (χ0v) is 15.7. The van der Waals surface area contributed by atoms with Gasteiger partial charge in [0, 0.05) is 18.8 Å². The number of benzene rings is 1. The summed E-state index contributed by atoms with van der Waals surface area (Å²) >= 11 is 0. The summed E-state index contributed by atoms with van der Waals surface area (Å²) in [6.07, 6.45) is 6.82. The van der Waals surface area contributed by atoms with Crippen LogP contribution in [-0.2, 0) is 14.8 Å². The molecule has 4 aliphatic rings. The summed E-state index contributed by atoms with van der Waals surface area (Å²) in [6, 6.07) is 6.46. The van der Waals surface area contributed by atoms with Crippen molar-refractivity contribution in [2.75, 3.05) is 18.4 Å². The van der Waals surface area contributed by atoms with Crippen LogP contribution in [0.25, 0.3) is 0 Å². The molecule has 7 heteroatoms. The molecule has 0 heterocycles. The molecular formula is C19H27N3O3S. The van der Waals surface area contributed by atoms with E-state index in [4.69, 9.17) is 5.73 Å². The molecule has 4 aliphatic carbocycles. The van der Waals surface area contributed by atoms with Gasteiger partial charge in [0.25, 0.3) is 0 Å². The van der Waals surface area contributed by atoms with E-state index >= 15 is 0 Å². The molecule has 4 bridgehead atoms. The molecule has 0 saturated heterocycles. The largest absolute Gasteiger partial charge is 0.329 e. The van der Waals surface area contributed by atoms with E-state index in [1.54, 1.807) is 12.1 Å². The SMILES string of the molecule is NCCNS(=O)(=O)c1cccc(NC(=O)C23CC4CC(CC(C4)C2)C3)c1. The van der Waals surface area contributed by atoms with Gasteiger partial charge in [0.1, 0.15) is 0 Å². The topological polar surface area (TPSA) is 101 Å². The van der Waals surface area contributed by atoms with Crippen LogP contribution in [0.5, 0.6) is 0 Å². The minimum Gasteiger partial charge on any atom is -0.329 e. The Bertz CT molecular complexity index is 771. The van der Waals surface area contributed by atoms with E-state index in [1.807, 2.05) is 0 Å². The number of sulfonamides is 1. The molecule has 4 saturated carbocycles. The van der Waals surface area contributed by atoms with Crippen LogP contribution < -0.4 is 15.8 Å². The summed E-state index contributed by atoms with van der Waals surface area (Å²) in [5.74, 6) is 2.15. The second-order valence-electron chi connectivity index (χ2n) is 8.37. The summed E-state index contributed by atoms with van der Waals surface area (Å²) < 4.78 is 27.0. The van der Waals surface area contributed by atoms with Gasteiger partial charge < -0.3 is 11.1 Å². The van der Waals surface area contributed by atoms with E-state index in [0.717, 1.165) is 19.3 Å². The number of nitrogens with one attached hydrogen (secondary N) is 2. The number of carbonyl (C=O) groups is 1. The van der Waals surface area contributed by atoms with E-state index in [-0.39, 0.29) is 29.3 Å². The van der Waals surface area contributed by atoms with Gasteiger partial charge in [0.15, 0.2) is 0 Å². The monoisotopic (exact) mass is 377 g/mol. The smallest absolute Gasteiger partial charge is 0.240 e. The highest BCUT2D eigenvalue weighted by Gasteiger charge is 2.54.